The average Bonchev–Trinajstić information content (AvgIpc) is 2.82. The molecule has 1 saturated heterocycles. The second-order valence-electron chi connectivity index (χ2n) is 4.65. The molecule has 0 saturated carbocycles. The Labute approximate surface area is 109 Å². The van der Waals surface area contributed by atoms with E-state index in [1.165, 1.54) is 17.4 Å². The fraction of sp³-hybridized carbons (Fsp3) is 0.500. The average molecular weight is 275 g/mol. The zero-order valence-corrected chi connectivity index (χ0v) is 10.6. The van der Waals surface area contributed by atoms with Crippen molar-refractivity contribution in [2.45, 2.75) is 6.18 Å². The first kappa shape index (κ1) is 13.8. The lowest BCUT2D eigenvalue weighted by Crippen LogP contribution is -2.47. The van der Waals surface area contributed by atoms with E-state index in [-0.39, 0.29) is 0 Å². The molecule has 1 aromatic rings. The van der Waals surface area contributed by atoms with Crippen LogP contribution >= 0.6 is 0 Å². The highest BCUT2D eigenvalue weighted by Crippen LogP contribution is 2.25. The predicted octanol–water partition coefficient (Wildman–Crippen LogP) is 1.72. The molecule has 0 unspecified atom stereocenters. The summed E-state index contributed by atoms with van der Waals surface area (Å²) in [5.74, 6) is 0. The Bertz CT molecular complexity index is 453. The highest BCUT2D eigenvalue weighted by molar-refractivity contribution is 5.65. The Morgan fingerprint density at radius 2 is 2.16 bits per heavy atom. The summed E-state index contributed by atoms with van der Waals surface area (Å²) < 4.78 is 42.7. The van der Waals surface area contributed by atoms with Gasteiger partial charge in [0.15, 0.2) is 0 Å². The molecule has 0 spiro atoms. The highest BCUT2D eigenvalue weighted by Gasteiger charge is 2.34. The number of rotatable bonds is 2. The maximum Gasteiger partial charge on any atom is 0.405 e. The van der Waals surface area contributed by atoms with E-state index in [9.17, 15) is 13.2 Å². The number of nitrogens with zero attached hydrogens (tertiary/aromatic N) is 2. The van der Waals surface area contributed by atoms with E-state index in [0.717, 1.165) is 0 Å². The number of nitrogens with two attached hydrogens (primary N) is 1. The van der Waals surface area contributed by atoms with Crippen molar-refractivity contribution in [3.8, 4) is 0 Å². The molecule has 0 atom stereocenters. The van der Waals surface area contributed by atoms with E-state index in [4.69, 9.17) is 10.2 Å². The van der Waals surface area contributed by atoms with Crippen LogP contribution < -0.4 is 5.73 Å². The normalized spacial score (nSPS) is 20.7. The summed E-state index contributed by atoms with van der Waals surface area (Å²) in [4.78, 5) is 3.23. The van der Waals surface area contributed by atoms with Gasteiger partial charge in [0.2, 0.25) is 0 Å². The number of piperazine rings is 1. The first-order valence-electron chi connectivity index (χ1n) is 5.88. The molecule has 4 nitrogen and oxygen atoms in total. The molecule has 106 valence electrons. The monoisotopic (exact) mass is 275 g/mol. The molecule has 19 heavy (non-hydrogen) atoms. The zero-order valence-electron chi connectivity index (χ0n) is 10.6. The quantitative estimate of drug-likeness (QED) is 0.892. The minimum absolute atomic E-state index is 0.309. The fourth-order valence-corrected chi connectivity index (χ4v) is 2.09. The van der Waals surface area contributed by atoms with Crippen molar-refractivity contribution in [3.05, 3.63) is 29.9 Å². The number of halogens is 3. The summed E-state index contributed by atoms with van der Waals surface area (Å²) in [6, 6.07) is 1.64. The highest BCUT2D eigenvalue weighted by atomic mass is 19.4. The molecule has 2 N–H and O–H groups in total. The maximum atomic E-state index is 12.6. The van der Waals surface area contributed by atoms with Crippen LogP contribution in [0.1, 0.15) is 5.56 Å². The van der Waals surface area contributed by atoms with Crippen LogP contribution in [0.3, 0.4) is 0 Å². The Kier molecular flexibility index (Phi) is 3.75. The third kappa shape index (κ3) is 3.44. The van der Waals surface area contributed by atoms with Gasteiger partial charge >= 0.3 is 6.18 Å². The standard InChI is InChI=1S/C12H16F3N3O/c1-17-3-4-18(8-12(13,14)15)10(6-17)11(16)9-2-5-19-7-9/h2,5,7H,3-4,6,8,16H2,1H3/b11-10-. The number of furan rings is 1. The van der Waals surface area contributed by atoms with Gasteiger partial charge in [-0.25, -0.2) is 0 Å². The van der Waals surface area contributed by atoms with Crippen molar-refractivity contribution < 1.29 is 17.6 Å². The third-order valence-corrected chi connectivity index (χ3v) is 3.07. The molecule has 0 radical (unpaired) electrons. The molecule has 1 aliphatic heterocycles. The SMILES string of the molecule is CN1CCN(CC(F)(F)F)/C(=C(\N)c2ccoc2)C1. The molecule has 1 fully saturated rings. The van der Waals surface area contributed by atoms with Gasteiger partial charge in [0.1, 0.15) is 6.54 Å². The molecule has 7 heteroatoms. The Balaban J connectivity index is 2.29. The van der Waals surface area contributed by atoms with Crippen molar-refractivity contribution in [1.82, 2.24) is 9.80 Å². The van der Waals surface area contributed by atoms with E-state index in [1.807, 2.05) is 11.9 Å². The minimum atomic E-state index is -4.24. The molecular weight excluding hydrogens is 259 g/mol. The van der Waals surface area contributed by atoms with E-state index in [0.29, 0.717) is 36.6 Å². The van der Waals surface area contributed by atoms with Crippen molar-refractivity contribution in [2.75, 3.05) is 33.2 Å². The summed E-state index contributed by atoms with van der Waals surface area (Å²) in [6.45, 7) is 0.309. The molecule has 0 aliphatic carbocycles. The van der Waals surface area contributed by atoms with Gasteiger partial charge in [-0.1, -0.05) is 0 Å². The van der Waals surface area contributed by atoms with Gasteiger partial charge < -0.3 is 15.1 Å². The van der Waals surface area contributed by atoms with Crippen molar-refractivity contribution in [2.24, 2.45) is 5.73 Å². The minimum Gasteiger partial charge on any atom is -0.472 e. The first-order chi connectivity index (χ1) is 8.87. The van der Waals surface area contributed by atoms with E-state index >= 15 is 0 Å². The summed E-state index contributed by atoms with van der Waals surface area (Å²) in [5.41, 5.74) is 7.41. The second kappa shape index (κ2) is 5.16. The maximum absolute atomic E-state index is 12.6. The topological polar surface area (TPSA) is 45.6 Å². The van der Waals surface area contributed by atoms with Crippen molar-refractivity contribution in [1.29, 1.82) is 0 Å². The number of likely N-dealkylation sites (N-methyl/N-ethyl adjacent to an activating group) is 1. The van der Waals surface area contributed by atoms with Gasteiger partial charge in [-0.15, -0.1) is 0 Å². The van der Waals surface area contributed by atoms with Gasteiger partial charge in [-0.05, 0) is 13.1 Å². The van der Waals surface area contributed by atoms with Crippen LogP contribution in [-0.2, 0) is 0 Å². The summed E-state index contributed by atoms with van der Waals surface area (Å²) >= 11 is 0. The van der Waals surface area contributed by atoms with Gasteiger partial charge in [0.25, 0.3) is 0 Å². The summed E-state index contributed by atoms with van der Waals surface area (Å²) in [5, 5.41) is 0. The molecule has 2 rings (SSSR count). The smallest absolute Gasteiger partial charge is 0.405 e. The summed E-state index contributed by atoms with van der Waals surface area (Å²) in [6.07, 6.45) is -1.36. The van der Waals surface area contributed by atoms with Crippen LogP contribution in [0.15, 0.2) is 28.7 Å². The lowest BCUT2D eigenvalue weighted by atomic mass is 10.1. The Morgan fingerprint density at radius 1 is 1.42 bits per heavy atom. The van der Waals surface area contributed by atoms with Crippen LogP contribution in [0.25, 0.3) is 5.70 Å². The van der Waals surface area contributed by atoms with Crippen LogP contribution in [0.4, 0.5) is 13.2 Å². The predicted molar refractivity (Wildman–Crippen MR) is 64.9 cm³/mol. The molecule has 2 heterocycles. The Morgan fingerprint density at radius 3 is 2.74 bits per heavy atom. The molecular formula is C12H16F3N3O. The number of hydrogen-bond acceptors (Lipinski definition) is 4. The molecule has 1 aromatic heterocycles. The lowest BCUT2D eigenvalue weighted by molar-refractivity contribution is -0.144. The second-order valence-corrected chi connectivity index (χ2v) is 4.65. The van der Waals surface area contributed by atoms with Crippen molar-refractivity contribution >= 4 is 5.70 Å². The van der Waals surface area contributed by atoms with Crippen LogP contribution in [-0.4, -0.2) is 49.2 Å². The third-order valence-electron chi connectivity index (χ3n) is 3.07. The Hall–Kier alpha value is -1.63. The van der Waals surface area contributed by atoms with Gasteiger partial charge in [0, 0.05) is 25.2 Å². The van der Waals surface area contributed by atoms with Crippen LogP contribution in [0.2, 0.25) is 0 Å². The zero-order chi connectivity index (χ0) is 14.0. The van der Waals surface area contributed by atoms with Gasteiger partial charge in [-0.2, -0.15) is 13.2 Å². The summed E-state index contributed by atoms with van der Waals surface area (Å²) in [7, 11) is 1.85. The van der Waals surface area contributed by atoms with Crippen LogP contribution in [0, 0.1) is 0 Å². The lowest BCUT2D eigenvalue weighted by Gasteiger charge is -2.37. The first-order valence-corrected chi connectivity index (χ1v) is 5.88. The molecule has 0 bridgehead atoms. The molecule has 0 amide bonds. The number of alkyl halides is 3. The van der Waals surface area contributed by atoms with Crippen molar-refractivity contribution in [3.63, 3.8) is 0 Å². The van der Waals surface area contributed by atoms with Gasteiger partial charge in [-0.3, -0.25) is 4.90 Å². The van der Waals surface area contributed by atoms with E-state index < -0.39 is 12.7 Å². The molecule has 1 aliphatic rings. The van der Waals surface area contributed by atoms with Crippen LogP contribution in [0.5, 0.6) is 0 Å². The van der Waals surface area contributed by atoms with Gasteiger partial charge in [0.05, 0.1) is 23.9 Å². The largest absolute Gasteiger partial charge is 0.472 e. The van der Waals surface area contributed by atoms with E-state index in [1.54, 1.807) is 6.07 Å². The van der Waals surface area contributed by atoms with E-state index in [2.05, 4.69) is 0 Å². The number of hydrogen-bond donors (Lipinski definition) is 1. The molecule has 0 aromatic carbocycles. The fourth-order valence-electron chi connectivity index (χ4n) is 2.09.